The van der Waals surface area contributed by atoms with Crippen LogP contribution in [0.3, 0.4) is 0 Å². The summed E-state index contributed by atoms with van der Waals surface area (Å²) in [5, 5.41) is 10.0. The smallest absolute Gasteiger partial charge is 0.416 e. The summed E-state index contributed by atoms with van der Waals surface area (Å²) in [5.74, 6) is -2.62. The predicted molar refractivity (Wildman–Crippen MR) is 147 cm³/mol. The molecule has 3 rings (SSSR count). The molecule has 40 heavy (non-hydrogen) atoms. The van der Waals surface area contributed by atoms with Crippen LogP contribution >= 0.6 is 0 Å². The zero-order valence-corrected chi connectivity index (χ0v) is 23.2. The van der Waals surface area contributed by atoms with E-state index in [9.17, 15) is 31.9 Å². The van der Waals surface area contributed by atoms with Crippen molar-refractivity contribution < 1.29 is 31.9 Å². The van der Waals surface area contributed by atoms with E-state index in [1.165, 1.54) is 24.3 Å². The van der Waals surface area contributed by atoms with Crippen LogP contribution in [0.4, 0.5) is 22.0 Å². The second kappa shape index (κ2) is 13.4. The third-order valence-corrected chi connectivity index (χ3v) is 6.73. The first-order valence-electron chi connectivity index (χ1n) is 13.4. The molecule has 0 aliphatic heterocycles. The van der Waals surface area contributed by atoms with Gasteiger partial charge in [-0.2, -0.15) is 13.2 Å². The molecule has 0 saturated heterocycles. The zero-order valence-electron chi connectivity index (χ0n) is 23.2. The predicted octanol–water partition coefficient (Wildman–Crippen LogP) is 8.91. The van der Waals surface area contributed by atoms with Crippen molar-refractivity contribution in [1.29, 1.82) is 0 Å². The molecule has 1 unspecified atom stereocenters. The molecule has 216 valence electrons. The lowest BCUT2D eigenvalue weighted by molar-refractivity contribution is -0.139. The van der Waals surface area contributed by atoms with Gasteiger partial charge in [0.1, 0.15) is 11.6 Å². The van der Waals surface area contributed by atoms with Crippen LogP contribution in [-0.4, -0.2) is 22.5 Å². The van der Waals surface area contributed by atoms with Gasteiger partial charge >= 0.3 is 12.1 Å². The van der Waals surface area contributed by atoms with Gasteiger partial charge < -0.3 is 5.11 Å². The monoisotopic (exact) mass is 561 g/mol. The molecule has 8 heteroatoms. The van der Waals surface area contributed by atoms with Gasteiger partial charge in [-0.3, -0.25) is 9.69 Å². The molecule has 1 N–H and O–H groups in total. The van der Waals surface area contributed by atoms with E-state index < -0.39 is 35.3 Å². The molecule has 0 amide bonds. The van der Waals surface area contributed by atoms with E-state index in [0.717, 1.165) is 30.2 Å². The van der Waals surface area contributed by atoms with Crippen LogP contribution in [0.25, 0.3) is 11.1 Å². The number of hydrogen-bond acceptors (Lipinski definition) is 2. The summed E-state index contributed by atoms with van der Waals surface area (Å²) < 4.78 is 67.2. The Balaban J connectivity index is 2.05. The summed E-state index contributed by atoms with van der Waals surface area (Å²) in [6.45, 7) is 9.28. The number of halogens is 5. The molecule has 0 saturated carbocycles. The minimum absolute atomic E-state index is 0.102. The fourth-order valence-electron chi connectivity index (χ4n) is 4.75. The van der Waals surface area contributed by atoms with E-state index >= 15 is 0 Å². The summed E-state index contributed by atoms with van der Waals surface area (Å²) in [6.07, 6.45) is -3.25. The van der Waals surface area contributed by atoms with E-state index in [1.807, 2.05) is 30.9 Å². The number of carboxylic acid groups (broad SMARTS) is 1. The van der Waals surface area contributed by atoms with Crippen LogP contribution < -0.4 is 0 Å². The van der Waals surface area contributed by atoms with Crippen molar-refractivity contribution >= 4 is 5.97 Å². The van der Waals surface area contributed by atoms with Crippen LogP contribution in [0, 0.1) is 23.5 Å². The van der Waals surface area contributed by atoms with Gasteiger partial charge in [0, 0.05) is 19.2 Å². The first-order chi connectivity index (χ1) is 18.7. The van der Waals surface area contributed by atoms with E-state index in [1.54, 1.807) is 6.07 Å². The lowest BCUT2D eigenvalue weighted by Gasteiger charge is -2.25. The normalized spacial score (nSPS) is 12.9. The molecular formula is C32H36F5NO2. The fourth-order valence-corrected chi connectivity index (χ4v) is 4.75. The van der Waals surface area contributed by atoms with Crippen molar-refractivity contribution in [3.63, 3.8) is 0 Å². The third kappa shape index (κ3) is 9.15. The number of carbonyl (C=O) groups is 1. The molecule has 0 aromatic heterocycles. The molecule has 3 nitrogen and oxygen atoms in total. The van der Waals surface area contributed by atoms with Gasteiger partial charge in [-0.25, -0.2) is 8.78 Å². The summed E-state index contributed by atoms with van der Waals surface area (Å²) in [6, 6.07) is 13.6. The highest BCUT2D eigenvalue weighted by molar-refractivity contribution is 5.77. The Labute approximate surface area is 232 Å². The van der Waals surface area contributed by atoms with E-state index in [-0.39, 0.29) is 12.5 Å². The summed E-state index contributed by atoms with van der Waals surface area (Å²) in [4.78, 5) is 14.3. The highest BCUT2D eigenvalue weighted by Gasteiger charge is 2.30. The second-order valence-corrected chi connectivity index (χ2v) is 11.2. The average molecular weight is 562 g/mol. The van der Waals surface area contributed by atoms with Crippen LogP contribution in [0.15, 0.2) is 60.7 Å². The largest absolute Gasteiger partial charge is 0.481 e. The van der Waals surface area contributed by atoms with Gasteiger partial charge in [0.15, 0.2) is 0 Å². The lowest BCUT2D eigenvalue weighted by atomic mass is 9.87. The van der Waals surface area contributed by atoms with Crippen LogP contribution in [0.1, 0.15) is 68.7 Å². The first-order valence-corrected chi connectivity index (χ1v) is 13.4. The minimum Gasteiger partial charge on any atom is -0.481 e. The highest BCUT2D eigenvalue weighted by atomic mass is 19.4. The van der Waals surface area contributed by atoms with Crippen molar-refractivity contribution in [2.45, 2.75) is 65.7 Å². The number of benzene rings is 3. The van der Waals surface area contributed by atoms with Crippen molar-refractivity contribution in [3.8, 4) is 11.1 Å². The zero-order chi connectivity index (χ0) is 29.6. The van der Waals surface area contributed by atoms with Crippen molar-refractivity contribution in [3.05, 3.63) is 94.6 Å². The van der Waals surface area contributed by atoms with Gasteiger partial charge in [-0.1, -0.05) is 52.0 Å². The van der Waals surface area contributed by atoms with E-state index in [0.29, 0.717) is 47.7 Å². The first kappa shape index (κ1) is 31.3. The molecule has 0 bridgehead atoms. The van der Waals surface area contributed by atoms with Crippen LogP contribution in [-0.2, 0) is 24.1 Å². The molecule has 1 atom stereocenters. The van der Waals surface area contributed by atoms with Crippen molar-refractivity contribution in [1.82, 2.24) is 4.90 Å². The molecule has 0 heterocycles. The minimum atomic E-state index is -4.47. The standard InChI is InChI=1S/C32H36F5NO2/c1-20(2)9-10-38(19-23-14-28(33)17-29(34)15-23)18-22-12-25(24-5-7-27(8-6-24)32(35,36)37)16-26(13-22)30(31(39)40)11-21(3)4/h5-8,12-17,20-21,30H,9-11,18-19H2,1-4H3,(H,39,40). The van der Waals surface area contributed by atoms with Crippen molar-refractivity contribution in [2.24, 2.45) is 11.8 Å². The maximum absolute atomic E-state index is 13.9. The number of hydrogen-bond donors (Lipinski definition) is 1. The van der Waals surface area contributed by atoms with Gasteiger partial charge in [0.25, 0.3) is 0 Å². The summed E-state index contributed by atoms with van der Waals surface area (Å²) in [7, 11) is 0. The number of alkyl halides is 3. The number of carboxylic acids is 1. The van der Waals surface area contributed by atoms with Crippen LogP contribution in [0.2, 0.25) is 0 Å². The van der Waals surface area contributed by atoms with Crippen LogP contribution in [0.5, 0.6) is 0 Å². The maximum atomic E-state index is 13.9. The molecule has 0 spiro atoms. The number of nitrogens with zero attached hydrogens (tertiary/aromatic N) is 1. The fraction of sp³-hybridized carbons (Fsp3) is 0.406. The van der Waals surface area contributed by atoms with Gasteiger partial charge in [0.05, 0.1) is 11.5 Å². The Morgan fingerprint density at radius 2 is 1.38 bits per heavy atom. The summed E-state index contributed by atoms with van der Waals surface area (Å²) in [5.41, 5.74) is 2.18. The Morgan fingerprint density at radius 3 is 1.88 bits per heavy atom. The third-order valence-electron chi connectivity index (χ3n) is 6.73. The van der Waals surface area contributed by atoms with E-state index in [2.05, 4.69) is 13.8 Å². The Bertz CT molecular complexity index is 1270. The Hall–Kier alpha value is -3.26. The van der Waals surface area contributed by atoms with E-state index in [4.69, 9.17) is 0 Å². The molecule has 0 aliphatic rings. The molecule has 0 radical (unpaired) electrons. The topological polar surface area (TPSA) is 40.5 Å². The SMILES string of the molecule is CC(C)CCN(Cc1cc(F)cc(F)c1)Cc1cc(-c2ccc(C(F)(F)F)cc2)cc(C(CC(C)C)C(=O)O)c1. The van der Waals surface area contributed by atoms with Gasteiger partial charge in [-0.05, 0) is 89.4 Å². The number of rotatable bonds is 12. The van der Waals surface area contributed by atoms with Gasteiger partial charge in [0.2, 0.25) is 0 Å². The average Bonchev–Trinajstić information content (AvgIpc) is 2.84. The molecular weight excluding hydrogens is 525 g/mol. The maximum Gasteiger partial charge on any atom is 0.416 e. The van der Waals surface area contributed by atoms with Crippen molar-refractivity contribution in [2.75, 3.05) is 6.54 Å². The Morgan fingerprint density at radius 1 is 0.800 bits per heavy atom. The number of aliphatic carboxylic acids is 1. The Kier molecular flexibility index (Phi) is 10.5. The summed E-state index contributed by atoms with van der Waals surface area (Å²) >= 11 is 0. The molecule has 0 fully saturated rings. The quantitative estimate of drug-likeness (QED) is 0.225. The lowest BCUT2D eigenvalue weighted by Crippen LogP contribution is -2.25. The molecule has 0 aliphatic carbocycles. The van der Waals surface area contributed by atoms with Gasteiger partial charge in [-0.15, -0.1) is 0 Å². The second-order valence-electron chi connectivity index (χ2n) is 11.2. The molecule has 3 aromatic carbocycles. The molecule has 3 aromatic rings. The highest BCUT2D eigenvalue weighted by Crippen LogP contribution is 2.34.